The number of benzene rings is 1. The molecule has 3 heterocycles. The number of piperidine rings is 1. The molecule has 2 saturated heterocycles. The maximum absolute atomic E-state index is 14.3. The normalized spacial score (nSPS) is 21.7. The van der Waals surface area contributed by atoms with Crippen LogP contribution in [-0.2, 0) is 19.0 Å². The SMILES string of the molecule is CC1CCC(C(=O)N(c2cc(-c3ccccc3)sc2C(=O)OCOC(=O)N2CCOCC2)C2CCN(C)CC2)CC1.Cl. The Bertz CT molecular complexity index is 1190. The van der Waals surface area contributed by atoms with Gasteiger partial charge >= 0.3 is 12.1 Å². The summed E-state index contributed by atoms with van der Waals surface area (Å²) < 4.78 is 16.0. The molecule has 0 atom stereocenters. The van der Waals surface area contributed by atoms with Crippen molar-refractivity contribution >= 4 is 47.4 Å². The van der Waals surface area contributed by atoms with E-state index in [4.69, 9.17) is 14.2 Å². The highest BCUT2D eigenvalue weighted by Crippen LogP contribution is 2.41. The molecule has 0 bridgehead atoms. The van der Waals surface area contributed by atoms with E-state index >= 15 is 0 Å². The van der Waals surface area contributed by atoms with Gasteiger partial charge in [0.1, 0.15) is 4.88 Å². The molecule has 230 valence electrons. The molecule has 0 N–H and O–H groups in total. The Morgan fingerprint density at radius 3 is 2.29 bits per heavy atom. The van der Waals surface area contributed by atoms with E-state index in [1.165, 1.54) is 16.2 Å². The average Bonchev–Trinajstić information content (AvgIpc) is 3.44. The van der Waals surface area contributed by atoms with E-state index in [-0.39, 0.29) is 30.3 Å². The first-order chi connectivity index (χ1) is 19.9. The zero-order chi connectivity index (χ0) is 28.8. The van der Waals surface area contributed by atoms with Crippen LogP contribution in [0.3, 0.4) is 0 Å². The Kier molecular flexibility index (Phi) is 11.7. The van der Waals surface area contributed by atoms with Crippen molar-refractivity contribution in [3.63, 3.8) is 0 Å². The molecule has 1 aliphatic carbocycles. The lowest BCUT2D eigenvalue weighted by Gasteiger charge is -2.40. The molecule has 1 saturated carbocycles. The summed E-state index contributed by atoms with van der Waals surface area (Å²) >= 11 is 1.32. The van der Waals surface area contributed by atoms with Gasteiger partial charge in [0.2, 0.25) is 12.7 Å². The minimum absolute atomic E-state index is 0. The molecule has 5 rings (SSSR count). The molecule has 2 aliphatic heterocycles. The van der Waals surface area contributed by atoms with Crippen LogP contribution in [0.4, 0.5) is 10.5 Å². The van der Waals surface area contributed by atoms with Crippen molar-refractivity contribution < 1.29 is 28.6 Å². The highest BCUT2D eigenvalue weighted by atomic mass is 35.5. The number of nitrogens with zero attached hydrogens (tertiary/aromatic N) is 3. The third-order valence-electron chi connectivity index (χ3n) is 8.51. The topological polar surface area (TPSA) is 88.6 Å². The quantitative estimate of drug-likeness (QED) is 0.291. The van der Waals surface area contributed by atoms with Crippen molar-refractivity contribution in [1.29, 1.82) is 0 Å². The van der Waals surface area contributed by atoms with Crippen LogP contribution in [0.2, 0.25) is 0 Å². The maximum atomic E-state index is 14.3. The minimum atomic E-state index is -0.593. The fraction of sp³-hybridized carbons (Fsp3) is 0.581. The molecule has 0 unspecified atom stereocenters. The van der Waals surface area contributed by atoms with Crippen LogP contribution in [0.15, 0.2) is 36.4 Å². The summed E-state index contributed by atoms with van der Waals surface area (Å²) in [7, 11) is 2.10. The molecule has 9 nitrogen and oxygen atoms in total. The van der Waals surface area contributed by atoms with Crippen LogP contribution >= 0.6 is 23.7 Å². The number of anilines is 1. The van der Waals surface area contributed by atoms with Gasteiger partial charge < -0.3 is 28.9 Å². The number of likely N-dealkylation sites (tertiary alicyclic amines) is 1. The molecule has 11 heteroatoms. The first kappa shape index (κ1) is 32.3. The summed E-state index contributed by atoms with van der Waals surface area (Å²) in [6.45, 7) is 5.33. The molecule has 0 radical (unpaired) electrons. The van der Waals surface area contributed by atoms with E-state index < -0.39 is 18.9 Å². The Labute approximate surface area is 258 Å². The lowest BCUT2D eigenvalue weighted by atomic mass is 9.82. The van der Waals surface area contributed by atoms with Crippen molar-refractivity contribution in [2.45, 2.75) is 51.5 Å². The fourth-order valence-electron chi connectivity index (χ4n) is 5.94. The zero-order valence-corrected chi connectivity index (χ0v) is 26.1. The van der Waals surface area contributed by atoms with E-state index in [2.05, 4.69) is 18.9 Å². The number of morpholine rings is 1. The summed E-state index contributed by atoms with van der Waals surface area (Å²) in [6, 6.07) is 11.8. The van der Waals surface area contributed by atoms with E-state index in [0.717, 1.165) is 62.1 Å². The molecule has 2 aromatic rings. The second kappa shape index (κ2) is 15.2. The van der Waals surface area contributed by atoms with Crippen LogP contribution in [0, 0.1) is 11.8 Å². The van der Waals surface area contributed by atoms with E-state index in [9.17, 15) is 14.4 Å². The number of carbonyl (C=O) groups excluding carboxylic acids is 3. The number of amides is 2. The zero-order valence-electron chi connectivity index (χ0n) is 24.5. The molecular formula is C31H42ClN3O6S. The van der Waals surface area contributed by atoms with Crippen molar-refractivity contribution in [2.75, 3.05) is 58.1 Å². The summed E-state index contributed by atoms with van der Waals surface area (Å²) in [5.74, 6) is 0.0956. The van der Waals surface area contributed by atoms with Crippen LogP contribution < -0.4 is 4.90 Å². The fourth-order valence-corrected chi connectivity index (χ4v) is 6.99. The molecule has 42 heavy (non-hydrogen) atoms. The van der Waals surface area contributed by atoms with Crippen molar-refractivity contribution in [2.24, 2.45) is 11.8 Å². The summed E-state index contributed by atoms with van der Waals surface area (Å²) in [4.78, 5) is 47.2. The van der Waals surface area contributed by atoms with Crippen molar-refractivity contribution in [3.05, 3.63) is 41.3 Å². The Balaban J connectivity index is 0.00000405. The molecule has 1 aromatic carbocycles. The van der Waals surface area contributed by atoms with Crippen LogP contribution in [0.1, 0.15) is 55.1 Å². The smallest absolute Gasteiger partial charge is 0.412 e. The number of thiophene rings is 1. The largest absolute Gasteiger partial charge is 0.424 e. The minimum Gasteiger partial charge on any atom is -0.424 e. The van der Waals surface area contributed by atoms with Gasteiger partial charge in [-0.25, -0.2) is 9.59 Å². The monoisotopic (exact) mass is 619 g/mol. The molecule has 3 aliphatic rings. The summed E-state index contributed by atoms with van der Waals surface area (Å²) in [6.07, 6.45) is 4.97. The van der Waals surface area contributed by atoms with Gasteiger partial charge in [0.25, 0.3) is 0 Å². The summed E-state index contributed by atoms with van der Waals surface area (Å²) in [5.41, 5.74) is 1.58. The van der Waals surface area contributed by atoms with Gasteiger partial charge in [0.05, 0.1) is 18.9 Å². The van der Waals surface area contributed by atoms with Crippen LogP contribution in [0.25, 0.3) is 10.4 Å². The number of hydrogen-bond donors (Lipinski definition) is 0. The number of rotatable bonds is 7. The predicted octanol–water partition coefficient (Wildman–Crippen LogP) is 5.67. The number of ether oxygens (including phenoxy) is 3. The Morgan fingerprint density at radius 2 is 1.62 bits per heavy atom. The van der Waals surface area contributed by atoms with Gasteiger partial charge in [-0.3, -0.25) is 4.79 Å². The average molecular weight is 620 g/mol. The highest BCUT2D eigenvalue weighted by molar-refractivity contribution is 7.18. The van der Waals surface area contributed by atoms with E-state index in [0.29, 0.717) is 42.8 Å². The van der Waals surface area contributed by atoms with Gasteiger partial charge in [-0.05, 0) is 76.2 Å². The lowest BCUT2D eigenvalue weighted by molar-refractivity contribution is -0.124. The van der Waals surface area contributed by atoms with Gasteiger partial charge in [0, 0.05) is 29.9 Å². The number of hydrogen-bond acceptors (Lipinski definition) is 8. The third kappa shape index (κ3) is 7.83. The van der Waals surface area contributed by atoms with Crippen LogP contribution in [0.5, 0.6) is 0 Å². The first-order valence-corrected chi connectivity index (χ1v) is 15.6. The van der Waals surface area contributed by atoms with Gasteiger partial charge in [-0.1, -0.05) is 37.3 Å². The number of carbonyl (C=O) groups is 3. The molecular weight excluding hydrogens is 578 g/mol. The van der Waals surface area contributed by atoms with Gasteiger partial charge in [0.15, 0.2) is 0 Å². The lowest BCUT2D eigenvalue weighted by Crippen LogP contribution is -2.49. The molecule has 1 aromatic heterocycles. The van der Waals surface area contributed by atoms with E-state index in [1.807, 2.05) is 41.3 Å². The van der Waals surface area contributed by atoms with Gasteiger partial charge in [-0.2, -0.15) is 0 Å². The Hall–Kier alpha value is -2.66. The summed E-state index contributed by atoms with van der Waals surface area (Å²) in [5, 5.41) is 0. The van der Waals surface area contributed by atoms with Crippen LogP contribution in [-0.4, -0.2) is 87.0 Å². The first-order valence-electron chi connectivity index (χ1n) is 14.8. The predicted molar refractivity (Wildman–Crippen MR) is 165 cm³/mol. The molecule has 3 fully saturated rings. The number of halogens is 1. The number of esters is 1. The van der Waals surface area contributed by atoms with Crippen molar-refractivity contribution in [3.8, 4) is 10.4 Å². The van der Waals surface area contributed by atoms with Crippen molar-refractivity contribution in [1.82, 2.24) is 9.80 Å². The molecule has 2 amide bonds. The van der Waals surface area contributed by atoms with Gasteiger partial charge in [-0.15, -0.1) is 23.7 Å². The maximum Gasteiger partial charge on any atom is 0.412 e. The Morgan fingerprint density at radius 1 is 0.952 bits per heavy atom. The second-order valence-corrected chi connectivity index (χ2v) is 12.5. The molecule has 0 spiro atoms. The third-order valence-corrected chi connectivity index (χ3v) is 9.67. The second-order valence-electron chi connectivity index (χ2n) is 11.4. The highest BCUT2D eigenvalue weighted by Gasteiger charge is 2.37. The van der Waals surface area contributed by atoms with E-state index in [1.54, 1.807) is 0 Å². The standard InChI is InChI=1S/C31H41N3O6S.ClH/c1-22-8-10-24(11-9-22)29(35)34(25-12-14-32(2)15-13-25)26-20-27(23-6-4-3-5-7-23)41-28(26)30(36)39-21-40-31(37)33-16-18-38-19-17-33;/h3-7,20,22,24-25H,8-19,21H2,1-2H3;1H.